The predicted octanol–water partition coefficient (Wildman–Crippen LogP) is 1.41. The second-order valence-electron chi connectivity index (χ2n) is 5.12. The molecule has 0 bridgehead atoms. The normalized spacial score (nSPS) is 23.4. The van der Waals surface area contributed by atoms with Gasteiger partial charge in [-0.05, 0) is 19.3 Å². The maximum Gasteiger partial charge on any atom is 0.317 e. The van der Waals surface area contributed by atoms with Crippen LogP contribution in [0.1, 0.15) is 24.0 Å². The molecule has 0 saturated carbocycles. The Balaban J connectivity index is 1.72. The van der Waals surface area contributed by atoms with Crippen molar-refractivity contribution in [2.24, 2.45) is 5.92 Å². The lowest BCUT2D eigenvalue weighted by Crippen LogP contribution is -2.49. The van der Waals surface area contributed by atoms with Crippen LogP contribution in [0.25, 0.3) is 0 Å². The summed E-state index contributed by atoms with van der Waals surface area (Å²) in [7, 11) is 0. The summed E-state index contributed by atoms with van der Waals surface area (Å²) in [5, 5.41) is 15.7. The second kappa shape index (κ2) is 6.34. The van der Waals surface area contributed by atoms with Gasteiger partial charge in [-0.15, -0.1) is 11.3 Å². The van der Waals surface area contributed by atoms with Gasteiger partial charge in [0, 0.05) is 31.4 Å². The average molecular weight is 283 g/mol. The zero-order valence-corrected chi connectivity index (χ0v) is 12.2. The van der Waals surface area contributed by atoms with Crippen LogP contribution in [0.4, 0.5) is 4.79 Å². The van der Waals surface area contributed by atoms with Crippen molar-refractivity contribution in [2.75, 3.05) is 19.6 Å². The van der Waals surface area contributed by atoms with E-state index in [0.29, 0.717) is 13.1 Å². The molecule has 1 aromatic heterocycles. The van der Waals surface area contributed by atoms with Gasteiger partial charge in [0.05, 0.1) is 16.8 Å². The van der Waals surface area contributed by atoms with Crippen molar-refractivity contribution in [1.82, 2.24) is 15.2 Å². The average Bonchev–Trinajstić information content (AvgIpc) is 2.78. The minimum atomic E-state index is -0.402. The molecule has 6 heteroatoms. The van der Waals surface area contributed by atoms with E-state index >= 15 is 0 Å². The standard InChI is InChI=1S/C13H21N3O2S/c1-9-4-6-16(7-12(9)17)13(18)14-5-3-11-8-19-10(2)15-11/h8-9,12,17H,3-7H2,1-2H3,(H,14,18). The van der Waals surface area contributed by atoms with Gasteiger partial charge in [-0.3, -0.25) is 0 Å². The summed E-state index contributed by atoms with van der Waals surface area (Å²) in [4.78, 5) is 18.0. The number of piperidine rings is 1. The van der Waals surface area contributed by atoms with Crippen molar-refractivity contribution >= 4 is 17.4 Å². The molecule has 2 N–H and O–H groups in total. The van der Waals surface area contributed by atoms with Crippen LogP contribution in [0.5, 0.6) is 0 Å². The quantitative estimate of drug-likeness (QED) is 0.881. The van der Waals surface area contributed by atoms with Gasteiger partial charge in [0.25, 0.3) is 0 Å². The summed E-state index contributed by atoms with van der Waals surface area (Å²) < 4.78 is 0. The molecular weight excluding hydrogens is 262 g/mol. The highest BCUT2D eigenvalue weighted by Gasteiger charge is 2.26. The van der Waals surface area contributed by atoms with E-state index in [-0.39, 0.29) is 11.9 Å². The lowest BCUT2D eigenvalue weighted by molar-refractivity contribution is 0.0436. The van der Waals surface area contributed by atoms with Crippen molar-refractivity contribution in [2.45, 2.75) is 32.8 Å². The van der Waals surface area contributed by atoms with Gasteiger partial charge in [-0.2, -0.15) is 0 Å². The Morgan fingerprint density at radius 2 is 2.47 bits per heavy atom. The summed E-state index contributed by atoms with van der Waals surface area (Å²) in [5.41, 5.74) is 1.02. The van der Waals surface area contributed by atoms with Gasteiger partial charge in [-0.1, -0.05) is 6.92 Å². The van der Waals surface area contributed by atoms with Crippen LogP contribution in [0.2, 0.25) is 0 Å². The maximum atomic E-state index is 11.9. The van der Waals surface area contributed by atoms with Crippen LogP contribution in [0.3, 0.4) is 0 Å². The topological polar surface area (TPSA) is 65.5 Å². The molecule has 106 valence electrons. The number of β-amino-alcohol motifs (C(OH)–C–C–N with tert-alkyl or cyclic N) is 1. The first-order valence-electron chi connectivity index (χ1n) is 6.68. The lowest BCUT2D eigenvalue weighted by Gasteiger charge is -2.34. The second-order valence-corrected chi connectivity index (χ2v) is 6.18. The zero-order chi connectivity index (χ0) is 13.8. The SMILES string of the molecule is Cc1nc(CCNC(=O)N2CCC(C)C(O)C2)cs1. The lowest BCUT2D eigenvalue weighted by atomic mass is 9.96. The fraction of sp³-hybridized carbons (Fsp3) is 0.692. The van der Waals surface area contributed by atoms with Gasteiger partial charge >= 0.3 is 6.03 Å². The number of thiazole rings is 1. The number of aryl methyl sites for hydroxylation is 1. The number of aliphatic hydroxyl groups is 1. The highest BCUT2D eigenvalue weighted by atomic mass is 32.1. The van der Waals surface area contributed by atoms with Gasteiger partial charge in [0.2, 0.25) is 0 Å². The van der Waals surface area contributed by atoms with Crippen molar-refractivity contribution < 1.29 is 9.90 Å². The van der Waals surface area contributed by atoms with E-state index in [4.69, 9.17) is 0 Å². The summed E-state index contributed by atoms with van der Waals surface area (Å²) in [6.45, 7) is 5.74. The molecule has 2 unspecified atom stereocenters. The molecule has 19 heavy (non-hydrogen) atoms. The van der Waals surface area contributed by atoms with Crippen molar-refractivity contribution in [3.05, 3.63) is 16.1 Å². The number of carbonyl (C=O) groups excluding carboxylic acids is 1. The molecule has 1 aliphatic rings. The molecule has 2 amide bonds. The molecular formula is C13H21N3O2S. The van der Waals surface area contributed by atoms with E-state index in [0.717, 1.165) is 30.1 Å². The molecule has 1 fully saturated rings. The smallest absolute Gasteiger partial charge is 0.317 e. The van der Waals surface area contributed by atoms with Gasteiger partial charge < -0.3 is 15.3 Å². The number of hydrogen-bond donors (Lipinski definition) is 2. The van der Waals surface area contributed by atoms with Gasteiger partial charge in [0.15, 0.2) is 0 Å². The molecule has 1 saturated heterocycles. The number of likely N-dealkylation sites (tertiary alicyclic amines) is 1. The number of urea groups is 1. The van der Waals surface area contributed by atoms with Crippen LogP contribution >= 0.6 is 11.3 Å². The van der Waals surface area contributed by atoms with Crippen molar-refractivity contribution in [3.8, 4) is 0 Å². The number of carbonyl (C=O) groups is 1. The molecule has 2 rings (SSSR count). The highest BCUT2D eigenvalue weighted by Crippen LogP contribution is 2.16. The maximum absolute atomic E-state index is 11.9. The molecule has 2 atom stereocenters. The van der Waals surface area contributed by atoms with Crippen LogP contribution < -0.4 is 5.32 Å². The number of amides is 2. The van der Waals surface area contributed by atoms with Gasteiger partial charge in [0.1, 0.15) is 0 Å². The van der Waals surface area contributed by atoms with E-state index < -0.39 is 6.10 Å². The summed E-state index contributed by atoms with van der Waals surface area (Å²) >= 11 is 1.62. The Kier molecular flexibility index (Phi) is 4.76. The zero-order valence-electron chi connectivity index (χ0n) is 11.4. The fourth-order valence-electron chi connectivity index (χ4n) is 2.17. The monoisotopic (exact) mass is 283 g/mol. The predicted molar refractivity (Wildman–Crippen MR) is 75.3 cm³/mol. The van der Waals surface area contributed by atoms with Gasteiger partial charge in [-0.25, -0.2) is 9.78 Å². The minimum absolute atomic E-state index is 0.0853. The number of rotatable bonds is 3. The Bertz CT molecular complexity index is 435. The number of nitrogens with one attached hydrogen (secondary N) is 1. The Labute approximate surface area is 117 Å². The molecule has 0 spiro atoms. The van der Waals surface area contributed by atoms with Crippen LogP contribution in [0.15, 0.2) is 5.38 Å². The van der Waals surface area contributed by atoms with E-state index in [1.54, 1.807) is 16.2 Å². The molecule has 1 aliphatic heterocycles. The number of hydrogen-bond acceptors (Lipinski definition) is 4. The fourth-order valence-corrected chi connectivity index (χ4v) is 2.81. The first-order chi connectivity index (χ1) is 9.06. The van der Waals surface area contributed by atoms with E-state index in [9.17, 15) is 9.90 Å². The molecule has 1 aromatic rings. The third-order valence-corrected chi connectivity index (χ3v) is 4.35. The molecule has 0 radical (unpaired) electrons. The van der Waals surface area contributed by atoms with Crippen LogP contribution in [-0.4, -0.2) is 46.8 Å². The highest BCUT2D eigenvalue weighted by molar-refractivity contribution is 7.09. The first-order valence-corrected chi connectivity index (χ1v) is 7.56. The third kappa shape index (κ3) is 3.91. The number of aromatic nitrogens is 1. The number of nitrogens with zero attached hydrogens (tertiary/aromatic N) is 2. The molecule has 2 heterocycles. The van der Waals surface area contributed by atoms with E-state index in [1.165, 1.54) is 0 Å². The summed E-state index contributed by atoms with van der Waals surface area (Å²) in [6, 6.07) is -0.0853. The van der Waals surface area contributed by atoms with Crippen molar-refractivity contribution in [3.63, 3.8) is 0 Å². The number of aliphatic hydroxyl groups excluding tert-OH is 1. The van der Waals surface area contributed by atoms with Crippen LogP contribution in [-0.2, 0) is 6.42 Å². The first kappa shape index (κ1) is 14.3. The Hall–Kier alpha value is -1.14. The van der Waals surface area contributed by atoms with E-state index in [1.807, 2.05) is 19.2 Å². The summed E-state index contributed by atoms with van der Waals surface area (Å²) in [6.07, 6.45) is 1.21. The molecule has 0 aromatic carbocycles. The third-order valence-electron chi connectivity index (χ3n) is 3.53. The molecule has 0 aliphatic carbocycles. The van der Waals surface area contributed by atoms with Crippen LogP contribution in [0, 0.1) is 12.8 Å². The van der Waals surface area contributed by atoms with Crippen molar-refractivity contribution in [1.29, 1.82) is 0 Å². The van der Waals surface area contributed by atoms with E-state index in [2.05, 4.69) is 10.3 Å². The minimum Gasteiger partial charge on any atom is -0.391 e. The molecule has 5 nitrogen and oxygen atoms in total. The Morgan fingerprint density at radius 3 is 3.11 bits per heavy atom. The summed E-state index contributed by atoms with van der Waals surface area (Å²) in [5.74, 6) is 0.280. The Morgan fingerprint density at radius 1 is 1.68 bits per heavy atom. The largest absolute Gasteiger partial charge is 0.391 e.